The number of rotatable bonds is 3. The third-order valence-electron chi connectivity index (χ3n) is 4.56. The molecule has 4 rings (SSSR count). The van der Waals surface area contributed by atoms with Crippen LogP contribution in [-0.4, -0.2) is 33.7 Å². The van der Waals surface area contributed by atoms with Crippen LogP contribution in [0.3, 0.4) is 0 Å². The number of fused-ring (bicyclic) bond motifs is 1. The lowest BCUT2D eigenvalue weighted by Crippen LogP contribution is -2.28. The lowest BCUT2D eigenvalue weighted by molar-refractivity contribution is -0.125. The van der Waals surface area contributed by atoms with Crippen molar-refractivity contribution in [3.05, 3.63) is 47.7 Å². The van der Waals surface area contributed by atoms with Crippen molar-refractivity contribution >= 4 is 23.0 Å². The Balaban J connectivity index is 1.75. The van der Waals surface area contributed by atoms with Crippen LogP contribution >= 0.6 is 0 Å². The molecule has 26 heavy (non-hydrogen) atoms. The third kappa shape index (κ3) is 2.88. The molecule has 0 saturated carbocycles. The molecule has 1 fully saturated rings. The van der Waals surface area contributed by atoms with Crippen LogP contribution in [-0.2, 0) is 11.8 Å². The SMILES string of the molecule is Cn1cc(/C=C(\C#N)C(=O)N2CCCC2)c(-c2cc3ccccc3o2)n1. The van der Waals surface area contributed by atoms with Gasteiger partial charge < -0.3 is 9.32 Å². The maximum absolute atomic E-state index is 12.6. The molecule has 1 aromatic carbocycles. The van der Waals surface area contributed by atoms with Crippen LogP contribution in [0.25, 0.3) is 28.5 Å². The van der Waals surface area contributed by atoms with Gasteiger partial charge in [-0.2, -0.15) is 10.4 Å². The molecule has 0 unspecified atom stereocenters. The van der Waals surface area contributed by atoms with Crippen molar-refractivity contribution in [2.75, 3.05) is 13.1 Å². The van der Waals surface area contributed by atoms with Crippen LogP contribution in [0.5, 0.6) is 0 Å². The molecule has 0 atom stereocenters. The second kappa shape index (κ2) is 6.52. The van der Waals surface area contributed by atoms with Gasteiger partial charge in [-0.05, 0) is 31.1 Å². The zero-order chi connectivity index (χ0) is 18.1. The Morgan fingerprint density at radius 2 is 2.08 bits per heavy atom. The molecule has 1 aliphatic heterocycles. The summed E-state index contributed by atoms with van der Waals surface area (Å²) in [5, 5.41) is 14.9. The van der Waals surface area contributed by atoms with Crippen molar-refractivity contribution in [3.63, 3.8) is 0 Å². The van der Waals surface area contributed by atoms with Gasteiger partial charge in [0.1, 0.15) is 22.9 Å². The number of benzene rings is 1. The summed E-state index contributed by atoms with van der Waals surface area (Å²) in [6.45, 7) is 1.42. The van der Waals surface area contributed by atoms with E-state index in [-0.39, 0.29) is 11.5 Å². The molecule has 3 aromatic rings. The minimum Gasteiger partial charge on any atom is -0.454 e. The fraction of sp³-hybridized carbons (Fsp3) is 0.250. The number of para-hydroxylation sites is 1. The Morgan fingerprint density at radius 3 is 2.81 bits per heavy atom. The molecule has 0 N–H and O–H groups in total. The molecule has 0 radical (unpaired) electrons. The molecule has 0 aliphatic carbocycles. The van der Waals surface area contributed by atoms with Gasteiger partial charge in [-0.15, -0.1) is 0 Å². The quantitative estimate of drug-likeness (QED) is 0.538. The first kappa shape index (κ1) is 16.2. The van der Waals surface area contributed by atoms with Crippen LogP contribution < -0.4 is 0 Å². The average Bonchev–Trinajstić information content (AvgIpc) is 3.37. The van der Waals surface area contributed by atoms with Gasteiger partial charge in [0, 0.05) is 37.3 Å². The van der Waals surface area contributed by atoms with Crippen molar-refractivity contribution in [2.45, 2.75) is 12.8 Å². The Hall–Kier alpha value is -3.33. The summed E-state index contributed by atoms with van der Waals surface area (Å²) in [4.78, 5) is 14.3. The summed E-state index contributed by atoms with van der Waals surface area (Å²) in [6.07, 6.45) is 5.37. The number of hydrogen-bond donors (Lipinski definition) is 0. The number of aryl methyl sites for hydroxylation is 1. The van der Waals surface area contributed by atoms with E-state index in [2.05, 4.69) is 5.10 Å². The highest BCUT2D eigenvalue weighted by Gasteiger charge is 2.22. The molecule has 130 valence electrons. The minimum atomic E-state index is -0.218. The number of likely N-dealkylation sites (tertiary alicyclic amines) is 1. The molecule has 3 heterocycles. The van der Waals surface area contributed by atoms with Gasteiger partial charge in [-0.25, -0.2) is 0 Å². The minimum absolute atomic E-state index is 0.122. The predicted octanol–water partition coefficient (Wildman–Crippen LogP) is 3.36. The van der Waals surface area contributed by atoms with Gasteiger partial charge in [0.05, 0.1) is 0 Å². The van der Waals surface area contributed by atoms with Gasteiger partial charge in [0.25, 0.3) is 5.91 Å². The summed E-state index contributed by atoms with van der Waals surface area (Å²) in [6, 6.07) is 11.7. The fourth-order valence-electron chi connectivity index (χ4n) is 3.29. The number of amides is 1. The average molecular weight is 346 g/mol. The number of carbonyl (C=O) groups excluding carboxylic acids is 1. The largest absolute Gasteiger partial charge is 0.454 e. The molecule has 0 bridgehead atoms. The molecule has 6 nitrogen and oxygen atoms in total. The normalized spacial score (nSPS) is 14.8. The maximum Gasteiger partial charge on any atom is 0.264 e. The summed E-state index contributed by atoms with van der Waals surface area (Å²) < 4.78 is 7.56. The van der Waals surface area contributed by atoms with Crippen LogP contribution in [0.1, 0.15) is 18.4 Å². The summed E-state index contributed by atoms with van der Waals surface area (Å²) in [5.41, 5.74) is 2.20. The van der Waals surface area contributed by atoms with Crippen molar-refractivity contribution in [3.8, 4) is 17.5 Å². The standard InChI is InChI=1S/C20H18N4O2/c1-23-13-16(10-15(12-21)20(25)24-8-4-5-9-24)19(22-23)18-11-14-6-2-3-7-17(14)26-18/h2-3,6-7,10-11,13H,4-5,8-9H2,1H3/b15-10+. The van der Waals surface area contributed by atoms with E-state index in [1.54, 1.807) is 28.9 Å². The van der Waals surface area contributed by atoms with Crippen LogP contribution in [0.15, 0.2) is 46.5 Å². The molecule has 1 saturated heterocycles. The van der Waals surface area contributed by atoms with E-state index in [0.717, 1.165) is 23.8 Å². The van der Waals surface area contributed by atoms with E-state index in [4.69, 9.17) is 4.42 Å². The number of hydrogen-bond acceptors (Lipinski definition) is 4. The molecule has 1 amide bonds. The molecule has 0 spiro atoms. The van der Waals surface area contributed by atoms with Crippen LogP contribution in [0.2, 0.25) is 0 Å². The highest BCUT2D eigenvalue weighted by atomic mass is 16.3. The zero-order valence-corrected chi connectivity index (χ0v) is 14.5. The first-order chi connectivity index (χ1) is 12.7. The van der Waals surface area contributed by atoms with Crippen molar-refractivity contribution in [2.24, 2.45) is 7.05 Å². The number of aromatic nitrogens is 2. The van der Waals surface area contributed by atoms with Gasteiger partial charge in [0.15, 0.2) is 5.76 Å². The van der Waals surface area contributed by atoms with E-state index >= 15 is 0 Å². The first-order valence-corrected chi connectivity index (χ1v) is 8.59. The predicted molar refractivity (Wildman–Crippen MR) is 97.8 cm³/mol. The van der Waals surface area contributed by atoms with Crippen LogP contribution in [0, 0.1) is 11.3 Å². The Labute approximate surface area is 150 Å². The highest BCUT2D eigenvalue weighted by molar-refractivity contribution is 6.02. The van der Waals surface area contributed by atoms with Gasteiger partial charge in [-0.3, -0.25) is 9.48 Å². The second-order valence-electron chi connectivity index (χ2n) is 6.42. The smallest absolute Gasteiger partial charge is 0.264 e. The molecular formula is C20H18N4O2. The molecule has 2 aromatic heterocycles. The van der Waals surface area contributed by atoms with Gasteiger partial charge in [-0.1, -0.05) is 18.2 Å². The number of carbonyl (C=O) groups is 1. The lowest BCUT2D eigenvalue weighted by Gasteiger charge is -2.13. The van der Waals surface area contributed by atoms with Crippen LogP contribution in [0.4, 0.5) is 0 Å². The molecule has 1 aliphatic rings. The highest BCUT2D eigenvalue weighted by Crippen LogP contribution is 2.30. The van der Waals surface area contributed by atoms with E-state index in [1.807, 2.05) is 36.4 Å². The van der Waals surface area contributed by atoms with E-state index in [1.165, 1.54) is 0 Å². The van der Waals surface area contributed by atoms with E-state index < -0.39 is 0 Å². The fourth-order valence-corrected chi connectivity index (χ4v) is 3.29. The Morgan fingerprint density at radius 1 is 1.31 bits per heavy atom. The van der Waals surface area contributed by atoms with E-state index in [9.17, 15) is 10.1 Å². The number of nitrogens with zero attached hydrogens (tertiary/aromatic N) is 4. The monoisotopic (exact) mass is 346 g/mol. The Kier molecular flexibility index (Phi) is 4.05. The van der Waals surface area contributed by atoms with Crippen molar-refractivity contribution in [1.29, 1.82) is 5.26 Å². The molecular weight excluding hydrogens is 328 g/mol. The van der Waals surface area contributed by atoms with Crippen molar-refractivity contribution < 1.29 is 9.21 Å². The second-order valence-corrected chi connectivity index (χ2v) is 6.42. The zero-order valence-electron chi connectivity index (χ0n) is 14.5. The van der Waals surface area contributed by atoms with Gasteiger partial charge >= 0.3 is 0 Å². The first-order valence-electron chi connectivity index (χ1n) is 8.59. The molecule has 6 heteroatoms. The third-order valence-corrected chi connectivity index (χ3v) is 4.56. The topological polar surface area (TPSA) is 75.1 Å². The summed E-state index contributed by atoms with van der Waals surface area (Å²) >= 11 is 0. The summed E-state index contributed by atoms with van der Waals surface area (Å²) in [7, 11) is 1.80. The number of furan rings is 1. The maximum atomic E-state index is 12.6. The Bertz CT molecular complexity index is 1010. The van der Waals surface area contributed by atoms with Crippen molar-refractivity contribution in [1.82, 2.24) is 14.7 Å². The lowest BCUT2D eigenvalue weighted by atomic mass is 10.1. The summed E-state index contributed by atoms with van der Waals surface area (Å²) in [5.74, 6) is 0.397. The van der Waals surface area contributed by atoms with E-state index in [0.29, 0.717) is 30.1 Å². The van der Waals surface area contributed by atoms with Gasteiger partial charge in [0.2, 0.25) is 0 Å². The number of nitriles is 1.